The summed E-state index contributed by atoms with van der Waals surface area (Å²) in [4.78, 5) is 24.7. The minimum atomic E-state index is -0.544. The molecule has 1 aromatic carbocycles. The number of nitro groups is 1. The third-order valence-electron chi connectivity index (χ3n) is 3.66. The Balaban J connectivity index is 1.74. The van der Waals surface area contributed by atoms with Gasteiger partial charge in [-0.3, -0.25) is 14.9 Å². The summed E-state index contributed by atoms with van der Waals surface area (Å²) in [5, 5.41) is 21.4. The van der Waals surface area contributed by atoms with Gasteiger partial charge in [0.05, 0.1) is 4.92 Å². The summed E-state index contributed by atoms with van der Waals surface area (Å²) < 4.78 is 0. The quantitative estimate of drug-likeness (QED) is 0.686. The largest absolute Gasteiger partial charge is 0.355 e. The number of nitrogens with one attached hydrogen (secondary N) is 1. The molecule has 0 saturated carbocycles. The fourth-order valence-electron chi connectivity index (χ4n) is 2.49. The molecule has 1 fully saturated rings. The number of nitro benzene ring substituents is 1. The summed E-state index contributed by atoms with van der Waals surface area (Å²) in [5.41, 5.74) is 0.0847. The molecule has 1 N–H and O–H groups in total. The Hall–Kier alpha value is -3.03. The predicted molar refractivity (Wildman–Crippen MR) is 84.5 cm³/mol. The van der Waals surface area contributed by atoms with Crippen LogP contribution in [0.15, 0.2) is 36.4 Å². The minimum Gasteiger partial charge on any atom is -0.355 e. The first kappa shape index (κ1) is 14.9. The lowest BCUT2D eigenvalue weighted by molar-refractivity contribution is -0.383. The highest BCUT2D eigenvalue weighted by atomic mass is 16.6. The number of carbonyl (C=O) groups excluding carboxylic acids is 1. The average Bonchev–Trinajstić information content (AvgIpc) is 3.10. The lowest BCUT2D eigenvalue weighted by Crippen LogP contribution is -2.21. The number of rotatable bonds is 4. The van der Waals surface area contributed by atoms with Crippen molar-refractivity contribution in [3.05, 3.63) is 52.2 Å². The Morgan fingerprint density at radius 2 is 1.87 bits per heavy atom. The highest BCUT2D eigenvalue weighted by molar-refractivity contribution is 6.04. The second-order valence-corrected chi connectivity index (χ2v) is 5.20. The van der Waals surface area contributed by atoms with Crippen LogP contribution in [-0.4, -0.2) is 34.1 Å². The molecular formula is C15H15N5O3. The third kappa shape index (κ3) is 3.25. The zero-order valence-corrected chi connectivity index (χ0v) is 12.3. The summed E-state index contributed by atoms with van der Waals surface area (Å²) in [6.45, 7) is 1.88. The van der Waals surface area contributed by atoms with E-state index in [1.807, 2.05) is 0 Å². The number of hydrogen-bond acceptors (Lipinski definition) is 6. The van der Waals surface area contributed by atoms with Crippen molar-refractivity contribution in [2.24, 2.45) is 0 Å². The Morgan fingerprint density at radius 1 is 1.13 bits per heavy atom. The van der Waals surface area contributed by atoms with Gasteiger partial charge in [-0.15, -0.1) is 10.2 Å². The van der Waals surface area contributed by atoms with Crippen molar-refractivity contribution in [2.45, 2.75) is 12.8 Å². The Bertz CT molecular complexity index is 726. The fraction of sp³-hybridized carbons (Fsp3) is 0.267. The molecule has 0 spiro atoms. The van der Waals surface area contributed by atoms with Crippen LogP contribution in [0.25, 0.3) is 0 Å². The third-order valence-corrected chi connectivity index (χ3v) is 3.66. The number of aromatic nitrogens is 2. The van der Waals surface area contributed by atoms with Gasteiger partial charge in [0.25, 0.3) is 11.6 Å². The molecule has 8 nitrogen and oxygen atoms in total. The molecule has 0 atom stereocenters. The number of hydrogen-bond donors (Lipinski definition) is 1. The van der Waals surface area contributed by atoms with E-state index in [1.54, 1.807) is 24.3 Å². The first-order valence-electron chi connectivity index (χ1n) is 7.28. The van der Waals surface area contributed by atoms with Gasteiger partial charge in [0.1, 0.15) is 5.69 Å². The van der Waals surface area contributed by atoms with Gasteiger partial charge in [-0.05, 0) is 31.0 Å². The number of nitrogens with zero attached hydrogens (tertiary/aromatic N) is 4. The molecule has 0 radical (unpaired) electrons. The zero-order chi connectivity index (χ0) is 16.2. The van der Waals surface area contributed by atoms with E-state index < -0.39 is 10.8 Å². The number of benzene rings is 1. The summed E-state index contributed by atoms with van der Waals surface area (Å²) in [5.74, 6) is 0.213. The molecule has 1 aliphatic rings. The standard InChI is InChI=1S/C15H15N5O3/c21-15(16-11-5-1-2-6-13(11)20(22)23)12-7-8-14(18-17-12)19-9-3-4-10-19/h1-2,5-8H,3-4,9-10H2,(H,16,21). The second kappa shape index (κ2) is 6.39. The predicted octanol–water partition coefficient (Wildman–Crippen LogP) is 2.24. The van der Waals surface area contributed by atoms with Gasteiger partial charge in [-0.1, -0.05) is 12.1 Å². The molecule has 23 heavy (non-hydrogen) atoms. The highest BCUT2D eigenvalue weighted by Gasteiger charge is 2.18. The smallest absolute Gasteiger partial charge is 0.292 e. The molecule has 1 aliphatic heterocycles. The molecular weight excluding hydrogens is 298 g/mol. The zero-order valence-electron chi connectivity index (χ0n) is 12.3. The number of para-hydroxylation sites is 2. The normalized spacial score (nSPS) is 13.8. The topological polar surface area (TPSA) is 101 Å². The van der Waals surface area contributed by atoms with Crippen molar-refractivity contribution in [1.29, 1.82) is 0 Å². The molecule has 2 heterocycles. The van der Waals surface area contributed by atoms with Crippen molar-refractivity contribution < 1.29 is 9.72 Å². The van der Waals surface area contributed by atoms with Crippen LogP contribution >= 0.6 is 0 Å². The van der Waals surface area contributed by atoms with Crippen molar-refractivity contribution >= 4 is 23.1 Å². The molecule has 0 bridgehead atoms. The van der Waals surface area contributed by atoms with Gasteiger partial charge in [-0.25, -0.2) is 0 Å². The van der Waals surface area contributed by atoms with Crippen LogP contribution in [0.2, 0.25) is 0 Å². The van der Waals surface area contributed by atoms with Gasteiger partial charge in [0.15, 0.2) is 11.5 Å². The lowest BCUT2D eigenvalue weighted by atomic mass is 10.2. The first-order chi connectivity index (χ1) is 11.1. The Labute approximate surface area is 132 Å². The number of carbonyl (C=O) groups is 1. The maximum absolute atomic E-state index is 12.2. The molecule has 3 rings (SSSR count). The molecule has 118 valence electrons. The van der Waals surface area contributed by atoms with Gasteiger partial charge in [0.2, 0.25) is 0 Å². The van der Waals surface area contributed by atoms with E-state index in [-0.39, 0.29) is 17.1 Å². The molecule has 1 aromatic heterocycles. The maximum Gasteiger partial charge on any atom is 0.292 e. The van der Waals surface area contributed by atoms with Crippen molar-refractivity contribution in [2.75, 3.05) is 23.3 Å². The van der Waals surface area contributed by atoms with Crippen LogP contribution in [0.1, 0.15) is 23.3 Å². The Morgan fingerprint density at radius 3 is 2.52 bits per heavy atom. The number of anilines is 2. The molecule has 0 unspecified atom stereocenters. The first-order valence-corrected chi connectivity index (χ1v) is 7.28. The minimum absolute atomic E-state index is 0.117. The maximum atomic E-state index is 12.2. The lowest BCUT2D eigenvalue weighted by Gasteiger charge is -2.15. The van der Waals surface area contributed by atoms with E-state index in [1.165, 1.54) is 12.1 Å². The van der Waals surface area contributed by atoms with E-state index >= 15 is 0 Å². The summed E-state index contributed by atoms with van der Waals surface area (Å²) in [6.07, 6.45) is 2.25. The van der Waals surface area contributed by atoms with Gasteiger partial charge in [0, 0.05) is 19.2 Å². The highest BCUT2D eigenvalue weighted by Crippen LogP contribution is 2.23. The summed E-state index contributed by atoms with van der Waals surface area (Å²) in [6, 6.07) is 9.28. The van der Waals surface area contributed by atoms with E-state index in [0.29, 0.717) is 0 Å². The average molecular weight is 313 g/mol. The molecule has 2 aromatic rings. The summed E-state index contributed by atoms with van der Waals surface area (Å²) >= 11 is 0. The van der Waals surface area contributed by atoms with E-state index in [4.69, 9.17) is 0 Å². The SMILES string of the molecule is O=C(Nc1ccccc1[N+](=O)[O-])c1ccc(N2CCCC2)nn1. The van der Waals surface area contributed by atoms with Gasteiger partial charge < -0.3 is 10.2 Å². The molecule has 8 heteroatoms. The van der Waals surface area contributed by atoms with Gasteiger partial charge in [-0.2, -0.15) is 0 Å². The van der Waals surface area contributed by atoms with Crippen LogP contribution in [0.4, 0.5) is 17.2 Å². The van der Waals surface area contributed by atoms with Crippen molar-refractivity contribution in [1.82, 2.24) is 10.2 Å². The van der Waals surface area contributed by atoms with Crippen molar-refractivity contribution in [3.63, 3.8) is 0 Å². The molecule has 1 saturated heterocycles. The molecule has 0 aliphatic carbocycles. The monoisotopic (exact) mass is 313 g/mol. The van der Waals surface area contributed by atoms with E-state index in [2.05, 4.69) is 20.4 Å². The van der Waals surface area contributed by atoms with Gasteiger partial charge >= 0.3 is 0 Å². The van der Waals surface area contributed by atoms with E-state index in [9.17, 15) is 14.9 Å². The Kier molecular flexibility index (Phi) is 4.13. The number of amides is 1. The van der Waals surface area contributed by atoms with Crippen molar-refractivity contribution in [3.8, 4) is 0 Å². The van der Waals surface area contributed by atoms with E-state index in [0.717, 1.165) is 31.7 Å². The second-order valence-electron chi connectivity index (χ2n) is 5.20. The van der Waals surface area contributed by atoms with Crippen LogP contribution in [-0.2, 0) is 0 Å². The van der Waals surface area contributed by atoms with Crippen LogP contribution in [0.5, 0.6) is 0 Å². The van der Waals surface area contributed by atoms with Crippen LogP contribution in [0, 0.1) is 10.1 Å². The molecule has 1 amide bonds. The van der Waals surface area contributed by atoms with Crippen LogP contribution < -0.4 is 10.2 Å². The summed E-state index contributed by atoms with van der Waals surface area (Å²) in [7, 11) is 0. The fourth-order valence-corrected chi connectivity index (χ4v) is 2.49. The van der Waals surface area contributed by atoms with Crippen LogP contribution in [0.3, 0.4) is 0 Å².